The van der Waals surface area contributed by atoms with Gasteiger partial charge in [0.05, 0.1) is 12.6 Å². The molecule has 1 rings (SSSR count). The van der Waals surface area contributed by atoms with Crippen LogP contribution in [0.5, 0.6) is 0 Å². The summed E-state index contributed by atoms with van der Waals surface area (Å²) < 4.78 is 0. The van der Waals surface area contributed by atoms with Crippen molar-refractivity contribution in [3.63, 3.8) is 0 Å². The van der Waals surface area contributed by atoms with Gasteiger partial charge >= 0.3 is 0 Å². The number of rotatable bonds is 5. The number of carbonyl (C=O) groups is 1. The van der Waals surface area contributed by atoms with Crippen LogP contribution in [0.3, 0.4) is 0 Å². The fraction of sp³-hybridized carbons (Fsp3) is 0.462. The molecule has 0 fully saturated rings. The highest BCUT2D eigenvalue weighted by Gasteiger charge is 2.23. The minimum atomic E-state index is -0.471. The van der Waals surface area contributed by atoms with Gasteiger partial charge in [0.2, 0.25) is 0 Å². The van der Waals surface area contributed by atoms with E-state index in [9.17, 15) is 4.79 Å². The van der Waals surface area contributed by atoms with Gasteiger partial charge in [0, 0.05) is 16.1 Å². The zero-order valence-corrected chi connectivity index (χ0v) is 11.1. The van der Waals surface area contributed by atoms with Crippen molar-refractivity contribution in [1.29, 1.82) is 0 Å². The predicted molar refractivity (Wildman–Crippen MR) is 69.5 cm³/mol. The number of Topliss-reactive ketones (excluding diaryl/α,β-unsaturated/α-hetero) is 1. The van der Waals surface area contributed by atoms with Crippen LogP contribution < -0.4 is 5.32 Å². The lowest BCUT2D eigenvalue weighted by atomic mass is 10.0. The van der Waals surface area contributed by atoms with Crippen molar-refractivity contribution in [2.45, 2.75) is 32.4 Å². The first kappa shape index (κ1) is 14.2. The summed E-state index contributed by atoms with van der Waals surface area (Å²) in [6, 6.07) is 6.44. The van der Waals surface area contributed by atoms with Gasteiger partial charge in [-0.3, -0.25) is 4.79 Å². The summed E-state index contributed by atoms with van der Waals surface area (Å²) >= 11 is 5.76. The van der Waals surface area contributed by atoms with E-state index in [1.54, 1.807) is 31.2 Å². The summed E-state index contributed by atoms with van der Waals surface area (Å²) in [5.41, 5.74) is 0.143. The molecule has 0 amide bonds. The molecule has 0 aromatic heterocycles. The SMILES string of the molecule is CC(NC(C)(C)CO)C(=O)c1ccc(Cl)cc1. The number of halogens is 1. The largest absolute Gasteiger partial charge is 0.394 e. The lowest BCUT2D eigenvalue weighted by Crippen LogP contribution is -2.50. The molecular formula is C13H18ClNO2. The third kappa shape index (κ3) is 4.11. The van der Waals surface area contributed by atoms with Crippen molar-refractivity contribution in [3.05, 3.63) is 34.9 Å². The van der Waals surface area contributed by atoms with Crippen molar-refractivity contribution in [2.75, 3.05) is 6.61 Å². The number of benzene rings is 1. The molecule has 0 aliphatic carbocycles. The van der Waals surface area contributed by atoms with Crippen LogP contribution in [-0.4, -0.2) is 29.1 Å². The van der Waals surface area contributed by atoms with Gasteiger partial charge in [-0.2, -0.15) is 0 Å². The molecule has 0 aliphatic heterocycles. The van der Waals surface area contributed by atoms with E-state index in [1.807, 2.05) is 13.8 Å². The third-order valence-electron chi connectivity index (χ3n) is 2.52. The zero-order valence-electron chi connectivity index (χ0n) is 10.3. The molecule has 0 bridgehead atoms. The lowest BCUT2D eigenvalue weighted by molar-refractivity contribution is 0.0911. The number of nitrogens with one attached hydrogen (secondary N) is 1. The molecule has 1 atom stereocenters. The zero-order chi connectivity index (χ0) is 13.1. The number of aliphatic hydroxyl groups is 1. The fourth-order valence-electron chi connectivity index (χ4n) is 1.56. The van der Waals surface area contributed by atoms with Crippen LogP contribution in [0.4, 0.5) is 0 Å². The number of carbonyl (C=O) groups excluding carboxylic acids is 1. The molecule has 3 nitrogen and oxygen atoms in total. The van der Waals surface area contributed by atoms with E-state index < -0.39 is 5.54 Å². The van der Waals surface area contributed by atoms with Crippen LogP contribution in [0.25, 0.3) is 0 Å². The van der Waals surface area contributed by atoms with E-state index in [2.05, 4.69) is 5.32 Å². The molecule has 0 saturated carbocycles. The first-order chi connectivity index (χ1) is 7.85. The average molecular weight is 256 g/mol. The monoisotopic (exact) mass is 255 g/mol. The molecule has 17 heavy (non-hydrogen) atoms. The standard InChI is InChI=1S/C13H18ClNO2/c1-9(15-13(2,3)8-16)12(17)10-4-6-11(14)7-5-10/h4-7,9,15-16H,8H2,1-3H3. The Morgan fingerprint density at radius 2 is 1.94 bits per heavy atom. The topological polar surface area (TPSA) is 49.3 Å². The van der Waals surface area contributed by atoms with Crippen molar-refractivity contribution in [1.82, 2.24) is 5.32 Å². The second-order valence-corrected chi connectivity index (χ2v) is 5.22. The molecule has 2 N–H and O–H groups in total. The minimum absolute atomic E-state index is 0.0109. The molecule has 94 valence electrons. The smallest absolute Gasteiger partial charge is 0.179 e. The molecule has 4 heteroatoms. The number of hydrogen-bond acceptors (Lipinski definition) is 3. The van der Waals surface area contributed by atoms with Crippen molar-refractivity contribution in [3.8, 4) is 0 Å². The van der Waals surface area contributed by atoms with E-state index in [4.69, 9.17) is 16.7 Å². The second kappa shape index (κ2) is 5.63. The van der Waals surface area contributed by atoms with Crippen LogP contribution in [0, 0.1) is 0 Å². The minimum Gasteiger partial charge on any atom is -0.394 e. The predicted octanol–water partition coefficient (Wildman–Crippen LogP) is 2.27. The highest BCUT2D eigenvalue weighted by atomic mass is 35.5. The molecule has 1 aromatic carbocycles. The molecule has 0 heterocycles. The Morgan fingerprint density at radius 3 is 2.41 bits per heavy atom. The van der Waals surface area contributed by atoms with Gasteiger partial charge in [0.15, 0.2) is 5.78 Å². The molecule has 0 radical (unpaired) electrons. The third-order valence-corrected chi connectivity index (χ3v) is 2.78. The van der Waals surface area contributed by atoms with E-state index in [0.717, 1.165) is 0 Å². The van der Waals surface area contributed by atoms with Gasteiger partial charge in [0.1, 0.15) is 0 Å². The number of hydrogen-bond donors (Lipinski definition) is 2. The quantitative estimate of drug-likeness (QED) is 0.794. The maximum absolute atomic E-state index is 12.1. The lowest BCUT2D eigenvalue weighted by Gasteiger charge is -2.27. The highest BCUT2D eigenvalue weighted by molar-refractivity contribution is 6.30. The summed E-state index contributed by atoms with van der Waals surface area (Å²) in [4.78, 5) is 12.1. The van der Waals surface area contributed by atoms with Crippen LogP contribution >= 0.6 is 11.6 Å². The van der Waals surface area contributed by atoms with E-state index in [-0.39, 0.29) is 18.4 Å². The Balaban J connectivity index is 2.73. The Morgan fingerprint density at radius 1 is 1.41 bits per heavy atom. The van der Waals surface area contributed by atoms with Gasteiger partial charge in [-0.25, -0.2) is 0 Å². The summed E-state index contributed by atoms with van der Waals surface area (Å²) in [5.74, 6) is -0.0109. The fourth-order valence-corrected chi connectivity index (χ4v) is 1.69. The van der Waals surface area contributed by atoms with Crippen molar-refractivity contribution >= 4 is 17.4 Å². The molecule has 0 spiro atoms. The van der Waals surface area contributed by atoms with Gasteiger partial charge < -0.3 is 10.4 Å². The van der Waals surface area contributed by atoms with E-state index in [1.165, 1.54) is 0 Å². The van der Waals surface area contributed by atoms with Crippen molar-refractivity contribution < 1.29 is 9.90 Å². The molecule has 1 aromatic rings. The van der Waals surface area contributed by atoms with Crippen LogP contribution in [0.15, 0.2) is 24.3 Å². The Hall–Kier alpha value is -0.900. The van der Waals surface area contributed by atoms with Gasteiger partial charge in [-0.05, 0) is 45.0 Å². The maximum Gasteiger partial charge on any atom is 0.179 e. The van der Waals surface area contributed by atoms with Crippen LogP contribution in [-0.2, 0) is 0 Å². The summed E-state index contributed by atoms with van der Waals surface area (Å²) in [6.45, 7) is 5.46. The van der Waals surface area contributed by atoms with E-state index in [0.29, 0.717) is 10.6 Å². The Bertz CT molecular complexity index is 387. The molecule has 1 unspecified atom stereocenters. The van der Waals surface area contributed by atoms with Gasteiger partial charge in [0.25, 0.3) is 0 Å². The number of ketones is 1. The summed E-state index contributed by atoms with van der Waals surface area (Å²) in [6.07, 6.45) is 0. The first-order valence-electron chi connectivity index (χ1n) is 5.54. The molecule has 0 saturated heterocycles. The molecular weight excluding hydrogens is 238 g/mol. The average Bonchev–Trinajstić information content (AvgIpc) is 2.28. The normalized spacial score (nSPS) is 13.5. The van der Waals surface area contributed by atoms with Gasteiger partial charge in [-0.15, -0.1) is 0 Å². The first-order valence-corrected chi connectivity index (χ1v) is 5.92. The Labute approximate surface area is 107 Å². The highest BCUT2D eigenvalue weighted by Crippen LogP contribution is 2.12. The van der Waals surface area contributed by atoms with Crippen LogP contribution in [0.2, 0.25) is 5.02 Å². The number of aliphatic hydroxyl groups excluding tert-OH is 1. The van der Waals surface area contributed by atoms with Gasteiger partial charge in [-0.1, -0.05) is 11.6 Å². The Kier molecular flexibility index (Phi) is 4.69. The molecule has 0 aliphatic rings. The second-order valence-electron chi connectivity index (χ2n) is 4.78. The van der Waals surface area contributed by atoms with E-state index >= 15 is 0 Å². The van der Waals surface area contributed by atoms with Crippen LogP contribution in [0.1, 0.15) is 31.1 Å². The maximum atomic E-state index is 12.1. The summed E-state index contributed by atoms with van der Waals surface area (Å²) in [7, 11) is 0. The van der Waals surface area contributed by atoms with Crippen molar-refractivity contribution in [2.24, 2.45) is 0 Å². The summed E-state index contributed by atoms with van der Waals surface area (Å²) in [5, 5.41) is 12.8.